The number of benzene rings is 1. The van der Waals surface area contributed by atoms with Crippen molar-refractivity contribution < 1.29 is 19.7 Å². The maximum absolute atomic E-state index is 11.4. The molecule has 0 fully saturated rings. The molecule has 0 saturated heterocycles. The Morgan fingerprint density at radius 3 is 2.37 bits per heavy atom. The molecule has 1 atom stereocenters. The van der Waals surface area contributed by atoms with Crippen molar-refractivity contribution in [2.75, 3.05) is 7.11 Å². The molecule has 4 nitrogen and oxygen atoms in total. The first kappa shape index (κ1) is 15.5. The summed E-state index contributed by atoms with van der Waals surface area (Å²) in [6.07, 6.45) is -0.706. The molecule has 2 N–H and O–H groups in total. The molecule has 0 aromatic heterocycles. The largest absolute Gasteiger partial charge is 0.507 e. The van der Waals surface area contributed by atoms with Gasteiger partial charge < -0.3 is 14.9 Å². The van der Waals surface area contributed by atoms with Gasteiger partial charge in [0.25, 0.3) is 0 Å². The monoisotopic (exact) mass is 266 g/mol. The number of aryl methyl sites for hydroxylation is 1. The summed E-state index contributed by atoms with van der Waals surface area (Å²) >= 11 is 0. The van der Waals surface area contributed by atoms with Crippen molar-refractivity contribution in [2.24, 2.45) is 0 Å². The number of phenolic OH excluding ortho intramolecular Hbond substituents is 1. The Morgan fingerprint density at radius 2 is 1.95 bits per heavy atom. The van der Waals surface area contributed by atoms with Gasteiger partial charge in [0.1, 0.15) is 5.75 Å². The first-order valence-corrected chi connectivity index (χ1v) is 6.34. The maximum atomic E-state index is 11.4. The van der Waals surface area contributed by atoms with Crippen LogP contribution in [0.15, 0.2) is 12.1 Å². The molecule has 1 unspecified atom stereocenters. The quantitative estimate of drug-likeness (QED) is 0.825. The third-order valence-electron chi connectivity index (χ3n) is 3.13. The first-order chi connectivity index (χ1) is 8.72. The molecule has 19 heavy (non-hydrogen) atoms. The molecular weight excluding hydrogens is 244 g/mol. The summed E-state index contributed by atoms with van der Waals surface area (Å²) in [7, 11) is 1.21. The van der Waals surface area contributed by atoms with Crippen molar-refractivity contribution in [3.05, 3.63) is 28.8 Å². The van der Waals surface area contributed by atoms with Crippen LogP contribution in [0.5, 0.6) is 5.75 Å². The summed E-state index contributed by atoms with van der Waals surface area (Å²) in [5.74, 6) is -0.814. The lowest BCUT2D eigenvalue weighted by atomic mass is 9.83. The van der Waals surface area contributed by atoms with Gasteiger partial charge in [-0.2, -0.15) is 0 Å². The molecule has 1 rings (SSSR count). The van der Waals surface area contributed by atoms with E-state index in [-0.39, 0.29) is 16.7 Å². The Morgan fingerprint density at radius 1 is 1.37 bits per heavy atom. The van der Waals surface area contributed by atoms with E-state index in [0.717, 1.165) is 12.0 Å². The number of carbonyl (C=O) groups excluding carboxylic acids is 1. The third-order valence-corrected chi connectivity index (χ3v) is 3.13. The van der Waals surface area contributed by atoms with E-state index in [1.165, 1.54) is 7.11 Å². The van der Waals surface area contributed by atoms with Gasteiger partial charge in [0.2, 0.25) is 0 Å². The molecule has 0 saturated carbocycles. The maximum Gasteiger partial charge on any atom is 0.339 e. The molecule has 0 aliphatic heterocycles. The SMILES string of the molecule is CCc1cc(C(O)C(=O)OC)c(O)c(C(C)(C)C)c1. The molecule has 0 heterocycles. The lowest BCUT2D eigenvalue weighted by Gasteiger charge is -2.24. The summed E-state index contributed by atoms with van der Waals surface area (Å²) < 4.78 is 4.52. The molecule has 4 heteroatoms. The normalized spacial score (nSPS) is 13.2. The summed E-state index contributed by atoms with van der Waals surface area (Å²) in [6, 6.07) is 3.55. The fourth-order valence-corrected chi connectivity index (χ4v) is 1.94. The second-order valence-corrected chi connectivity index (χ2v) is 5.61. The van der Waals surface area contributed by atoms with Gasteiger partial charge in [-0.15, -0.1) is 0 Å². The topological polar surface area (TPSA) is 66.8 Å². The summed E-state index contributed by atoms with van der Waals surface area (Å²) in [4.78, 5) is 11.4. The highest BCUT2D eigenvalue weighted by molar-refractivity contribution is 5.77. The van der Waals surface area contributed by atoms with E-state index < -0.39 is 12.1 Å². The molecule has 106 valence electrons. The Labute approximate surface area is 114 Å². The molecular formula is C15H22O4. The number of phenols is 1. The number of ether oxygens (including phenoxy) is 1. The van der Waals surface area contributed by atoms with E-state index in [1.54, 1.807) is 6.07 Å². The van der Waals surface area contributed by atoms with Crippen molar-refractivity contribution in [1.82, 2.24) is 0 Å². The van der Waals surface area contributed by atoms with Crippen molar-refractivity contribution in [2.45, 2.75) is 45.6 Å². The lowest BCUT2D eigenvalue weighted by Crippen LogP contribution is -2.17. The summed E-state index contributed by atoms with van der Waals surface area (Å²) in [5.41, 5.74) is 1.60. The lowest BCUT2D eigenvalue weighted by molar-refractivity contribution is -0.150. The van der Waals surface area contributed by atoms with Crippen LogP contribution in [0.3, 0.4) is 0 Å². The molecule has 1 aromatic rings. The number of aromatic hydroxyl groups is 1. The average molecular weight is 266 g/mol. The number of hydrogen-bond acceptors (Lipinski definition) is 4. The number of esters is 1. The van der Waals surface area contributed by atoms with Crippen LogP contribution in [-0.4, -0.2) is 23.3 Å². The van der Waals surface area contributed by atoms with Gasteiger partial charge in [-0.25, -0.2) is 4.79 Å². The smallest absolute Gasteiger partial charge is 0.339 e. The third kappa shape index (κ3) is 3.26. The van der Waals surface area contributed by atoms with E-state index in [4.69, 9.17) is 0 Å². The Hall–Kier alpha value is -1.55. The Kier molecular flexibility index (Phi) is 4.58. The number of methoxy groups -OCH3 is 1. The molecule has 0 amide bonds. The predicted molar refractivity (Wildman–Crippen MR) is 73.2 cm³/mol. The van der Waals surface area contributed by atoms with E-state index in [9.17, 15) is 15.0 Å². The zero-order valence-electron chi connectivity index (χ0n) is 12.2. The number of aliphatic hydroxyl groups excluding tert-OH is 1. The Balaban J connectivity index is 3.44. The minimum absolute atomic E-state index is 0.0393. The van der Waals surface area contributed by atoms with Crippen LogP contribution in [-0.2, 0) is 21.4 Å². The molecule has 1 aromatic carbocycles. The van der Waals surface area contributed by atoms with Gasteiger partial charge >= 0.3 is 5.97 Å². The molecule has 0 spiro atoms. The second-order valence-electron chi connectivity index (χ2n) is 5.61. The molecule has 0 aliphatic rings. The number of carbonyl (C=O) groups is 1. The van der Waals surface area contributed by atoms with Gasteiger partial charge in [-0.3, -0.25) is 0 Å². The van der Waals surface area contributed by atoms with E-state index in [0.29, 0.717) is 5.56 Å². The average Bonchev–Trinajstić information content (AvgIpc) is 2.35. The van der Waals surface area contributed by atoms with Crippen molar-refractivity contribution in [3.8, 4) is 5.75 Å². The van der Waals surface area contributed by atoms with Crippen LogP contribution in [0, 0.1) is 0 Å². The zero-order valence-corrected chi connectivity index (χ0v) is 12.2. The predicted octanol–water partition coefficient (Wildman–Crippen LogP) is 2.46. The van der Waals surface area contributed by atoms with Crippen LogP contribution in [0.2, 0.25) is 0 Å². The fourth-order valence-electron chi connectivity index (χ4n) is 1.94. The van der Waals surface area contributed by atoms with E-state index in [2.05, 4.69) is 4.74 Å². The molecule has 0 aliphatic carbocycles. The first-order valence-electron chi connectivity index (χ1n) is 6.34. The van der Waals surface area contributed by atoms with Crippen LogP contribution >= 0.6 is 0 Å². The Bertz CT molecular complexity index is 472. The zero-order chi connectivity index (χ0) is 14.8. The standard InChI is InChI=1S/C15H22O4/c1-6-9-7-10(13(17)14(18)19-5)12(16)11(8-9)15(2,3)4/h7-8,13,16-17H,6H2,1-5H3. The fraction of sp³-hybridized carbons (Fsp3) is 0.533. The van der Waals surface area contributed by atoms with Crippen LogP contribution in [0.1, 0.15) is 50.5 Å². The van der Waals surface area contributed by atoms with Crippen molar-refractivity contribution >= 4 is 5.97 Å². The highest BCUT2D eigenvalue weighted by Crippen LogP contribution is 2.37. The highest BCUT2D eigenvalue weighted by atomic mass is 16.5. The highest BCUT2D eigenvalue weighted by Gasteiger charge is 2.27. The van der Waals surface area contributed by atoms with E-state index >= 15 is 0 Å². The van der Waals surface area contributed by atoms with Crippen LogP contribution in [0.25, 0.3) is 0 Å². The minimum Gasteiger partial charge on any atom is -0.507 e. The summed E-state index contributed by atoms with van der Waals surface area (Å²) in [5, 5.41) is 20.2. The minimum atomic E-state index is -1.46. The van der Waals surface area contributed by atoms with E-state index in [1.807, 2.05) is 33.8 Å². The van der Waals surface area contributed by atoms with Gasteiger partial charge in [-0.1, -0.05) is 33.8 Å². The number of aliphatic hydroxyl groups is 1. The number of hydrogen-bond donors (Lipinski definition) is 2. The molecule has 0 bridgehead atoms. The van der Waals surface area contributed by atoms with Crippen molar-refractivity contribution in [3.63, 3.8) is 0 Å². The number of rotatable bonds is 3. The van der Waals surface area contributed by atoms with Crippen LogP contribution < -0.4 is 0 Å². The van der Waals surface area contributed by atoms with Gasteiger partial charge in [0.05, 0.1) is 7.11 Å². The van der Waals surface area contributed by atoms with Crippen LogP contribution in [0.4, 0.5) is 0 Å². The molecule has 0 radical (unpaired) electrons. The van der Waals surface area contributed by atoms with Crippen molar-refractivity contribution in [1.29, 1.82) is 0 Å². The van der Waals surface area contributed by atoms with Gasteiger partial charge in [0, 0.05) is 5.56 Å². The van der Waals surface area contributed by atoms with Gasteiger partial charge in [-0.05, 0) is 29.0 Å². The second kappa shape index (κ2) is 5.61. The summed E-state index contributed by atoms with van der Waals surface area (Å²) in [6.45, 7) is 7.88. The van der Waals surface area contributed by atoms with Gasteiger partial charge in [0.15, 0.2) is 6.10 Å².